The first kappa shape index (κ1) is 15.3. The lowest BCUT2D eigenvalue weighted by molar-refractivity contribution is 0.218. The predicted molar refractivity (Wildman–Crippen MR) is 91.1 cm³/mol. The maximum absolute atomic E-state index is 5.12. The number of hydrogen-bond donors (Lipinski definition) is 0. The molecule has 2 heterocycles. The van der Waals surface area contributed by atoms with Gasteiger partial charge in [0, 0.05) is 29.8 Å². The van der Waals surface area contributed by atoms with Crippen molar-refractivity contribution in [3.05, 3.63) is 58.5 Å². The molecule has 3 aromatic rings. The standard InChI is InChI=1S/C16H17N3OS2/c1-20-9-11-22-16-18-17-15(12-14-8-5-10-21-14)19(16)13-6-3-2-4-7-13/h2-8,10H,9,11-12H2,1H3. The SMILES string of the molecule is COCCSc1nnc(Cc2cccs2)n1-c1ccccc1. The van der Waals surface area contributed by atoms with Gasteiger partial charge in [-0.2, -0.15) is 0 Å². The van der Waals surface area contributed by atoms with Gasteiger partial charge in [-0.05, 0) is 23.6 Å². The Bertz CT molecular complexity index is 696. The molecule has 0 unspecified atom stereocenters. The highest BCUT2D eigenvalue weighted by molar-refractivity contribution is 7.99. The molecule has 2 aromatic heterocycles. The van der Waals surface area contributed by atoms with Crippen LogP contribution in [0.1, 0.15) is 10.7 Å². The molecule has 0 bridgehead atoms. The molecule has 0 amide bonds. The van der Waals surface area contributed by atoms with Crippen LogP contribution in [0, 0.1) is 0 Å². The lowest BCUT2D eigenvalue weighted by Gasteiger charge is -2.09. The van der Waals surface area contributed by atoms with Gasteiger partial charge in [0.05, 0.1) is 6.61 Å². The molecule has 0 fully saturated rings. The number of nitrogens with zero attached hydrogens (tertiary/aromatic N) is 3. The summed E-state index contributed by atoms with van der Waals surface area (Å²) in [5, 5.41) is 11.8. The van der Waals surface area contributed by atoms with Gasteiger partial charge in [0.15, 0.2) is 5.16 Å². The van der Waals surface area contributed by atoms with E-state index >= 15 is 0 Å². The molecule has 0 aliphatic heterocycles. The lowest BCUT2D eigenvalue weighted by atomic mass is 10.3. The van der Waals surface area contributed by atoms with Crippen LogP contribution < -0.4 is 0 Å². The largest absolute Gasteiger partial charge is 0.384 e. The Morgan fingerprint density at radius 1 is 1.14 bits per heavy atom. The van der Waals surface area contributed by atoms with Crippen molar-refractivity contribution < 1.29 is 4.74 Å². The number of para-hydroxylation sites is 1. The van der Waals surface area contributed by atoms with Crippen molar-refractivity contribution in [2.24, 2.45) is 0 Å². The maximum Gasteiger partial charge on any atom is 0.195 e. The second-order valence-corrected chi connectivity index (χ2v) is 6.76. The molecule has 0 spiro atoms. The van der Waals surface area contributed by atoms with E-state index in [1.54, 1.807) is 30.2 Å². The van der Waals surface area contributed by atoms with Gasteiger partial charge < -0.3 is 4.74 Å². The van der Waals surface area contributed by atoms with Gasteiger partial charge in [-0.3, -0.25) is 4.57 Å². The highest BCUT2D eigenvalue weighted by atomic mass is 32.2. The van der Waals surface area contributed by atoms with Crippen LogP contribution in [0.2, 0.25) is 0 Å². The summed E-state index contributed by atoms with van der Waals surface area (Å²) in [7, 11) is 1.71. The average Bonchev–Trinajstić information content (AvgIpc) is 3.19. The van der Waals surface area contributed by atoms with Gasteiger partial charge in [-0.1, -0.05) is 36.0 Å². The van der Waals surface area contributed by atoms with E-state index in [2.05, 4.69) is 44.4 Å². The van der Waals surface area contributed by atoms with Gasteiger partial charge in [0.1, 0.15) is 5.82 Å². The Balaban J connectivity index is 1.92. The Kier molecular flexibility index (Phi) is 5.26. The van der Waals surface area contributed by atoms with Crippen LogP contribution in [0.3, 0.4) is 0 Å². The van der Waals surface area contributed by atoms with Gasteiger partial charge in [0.2, 0.25) is 0 Å². The third-order valence-corrected chi connectivity index (χ3v) is 4.92. The number of thioether (sulfide) groups is 1. The molecule has 4 nitrogen and oxygen atoms in total. The van der Waals surface area contributed by atoms with Crippen molar-refractivity contribution in [2.45, 2.75) is 11.6 Å². The van der Waals surface area contributed by atoms with E-state index < -0.39 is 0 Å². The van der Waals surface area contributed by atoms with Crippen molar-refractivity contribution in [2.75, 3.05) is 19.5 Å². The van der Waals surface area contributed by atoms with E-state index in [9.17, 15) is 0 Å². The first-order valence-corrected chi connectivity index (χ1v) is 8.89. The smallest absolute Gasteiger partial charge is 0.195 e. The molecule has 0 aliphatic rings. The Morgan fingerprint density at radius 2 is 2.00 bits per heavy atom. The predicted octanol–water partition coefficient (Wildman–Crippen LogP) is 3.66. The lowest BCUT2D eigenvalue weighted by Crippen LogP contribution is -2.04. The summed E-state index contributed by atoms with van der Waals surface area (Å²) in [6.45, 7) is 0.701. The molecular formula is C16H17N3OS2. The Hall–Kier alpha value is -1.63. The van der Waals surface area contributed by atoms with Crippen molar-refractivity contribution in [3.63, 3.8) is 0 Å². The highest BCUT2D eigenvalue weighted by Gasteiger charge is 2.15. The molecule has 0 aliphatic carbocycles. The maximum atomic E-state index is 5.12. The topological polar surface area (TPSA) is 39.9 Å². The first-order valence-electron chi connectivity index (χ1n) is 7.02. The van der Waals surface area contributed by atoms with Crippen LogP contribution in [0.5, 0.6) is 0 Å². The zero-order chi connectivity index (χ0) is 15.2. The van der Waals surface area contributed by atoms with Crippen molar-refractivity contribution in [1.82, 2.24) is 14.8 Å². The fourth-order valence-corrected chi connectivity index (χ4v) is 3.70. The van der Waals surface area contributed by atoms with E-state index in [-0.39, 0.29) is 0 Å². The molecule has 0 N–H and O–H groups in total. The van der Waals surface area contributed by atoms with Gasteiger partial charge in [0.25, 0.3) is 0 Å². The molecule has 0 radical (unpaired) electrons. The highest BCUT2D eigenvalue weighted by Crippen LogP contribution is 2.24. The zero-order valence-electron chi connectivity index (χ0n) is 12.3. The number of rotatable bonds is 7. The normalized spacial score (nSPS) is 11.0. The van der Waals surface area contributed by atoms with Gasteiger partial charge >= 0.3 is 0 Å². The summed E-state index contributed by atoms with van der Waals surface area (Å²) in [5.41, 5.74) is 1.10. The van der Waals surface area contributed by atoms with Crippen LogP contribution >= 0.6 is 23.1 Å². The summed E-state index contributed by atoms with van der Waals surface area (Å²) in [6.07, 6.45) is 0.796. The summed E-state index contributed by atoms with van der Waals surface area (Å²) in [5.74, 6) is 1.83. The van der Waals surface area contributed by atoms with Crippen molar-refractivity contribution in [1.29, 1.82) is 0 Å². The van der Waals surface area contributed by atoms with Crippen molar-refractivity contribution >= 4 is 23.1 Å². The minimum Gasteiger partial charge on any atom is -0.384 e. The molecule has 1 aromatic carbocycles. The monoisotopic (exact) mass is 331 g/mol. The van der Waals surface area contributed by atoms with Gasteiger partial charge in [-0.25, -0.2) is 0 Å². The number of hydrogen-bond acceptors (Lipinski definition) is 5. The number of ether oxygens (including phenoxy) is 1. The molecule has 0 atom stereocenters. The van der Waals surface area contributed by atoms with Crippen LogP contribution in [-0.4, -0.2) is 34.2 Å². The fraction of sp³-hybridized carbons (Fsp3) is 0.250. The molecule has 22 heavy (non-hydrogen) atoms. The van der Waals surface area contributed by atoms with E-state index in [4.69, 9.17) is 4.74 Å². The number of benzene rings is 1. The summed E-state index contributed by atoms with van der Waals surface area (Å²) in [4.78, 5) is 1.29. The summed E-state index contributed by atoms with van der Waals surface area (Å²) >= 11 is 3.41. The van der Waals surface area contributed by atoms with E-state index in [1.807, 2.05) is 18.2 Å². The third-order valence-electron chi connectivity index (χ3n) is 3.15. The third kappa shape index (κ3) is 3.58. The molecule has 6 heteroatoms. The summed E-state index contributed by atoms with van der Waals surface area (Å²) in [6, 6.07) is 14.5. The average molecular weight is 331 g/mol. The molecule has 3 rings (SSSR count). The Morgan fingerprint density at radius 3 is 2.73 bits per heavy atom. The van der Waals surface area contributed by atoms with E-state index in [1.165, 1.54) is 4.88 Å². The number of aromatic nitrogens is 3. The zero-order valence-corrected chi connectivity index (χ0v) is 13.9. The second kappa shape index (κ2) is 7.58. The van der Waals surface area contributed by atoms with Crippen molar-refractivity contribution in [3.8, 4) is 5.69 Å². The summed E-state index contributed by atoms with van der Waals surface area (Å²) < 4.78 is 7.26. The van der Waals surface area contributed by atoms with Crippen LogP contribution in [-0.2, 0) is 11.2 Å². The Labute approximate surface area is 138 Å². The van der Waals surface area contributed by atoms with E-state index in [0.29, 0.717) is 6.61 Å². The first-order chi connectivity index (χ1) is 10.9. The van der Waals surface area contributed by atoms with Gasteiger partial charge in [-0.15, -0.1) is 21.5 Å². The number of methoxy groups -OCH3 is 1. The minimum absolute atomic E-state index is 0.701. The number of thiophene rings is 1. The molecule has 0 saturated heterocycles. The van der Waals surface area contributed by atoms with Crippen LogP contribution in [0.4, 0.5) is 0 Å². The molecule has 0 saturated carbocycles. The van der Waals surface area contributed by atoms with E-state index in [0.717, 1.165) is 28.8 Å². The second-order valence-electron chi connectivity index (χ2n) is 4.67. The quantitative estimate of drug-likeness (QED) is 0.489. The van der Waals surface area contributed by atoms with Crippen LogP contribution in [0.15, 0.2) is 53.0 Å². The fourth-order valence-electron chi connectivity index (χ4n) is 2.13. The minimum atomic E-state index is 0.701. The molecule has 114 valence electrons. The van der Waals surface area contributed by atoms with Crippen LogP contribution in [0.25, 0.3) is 5.69 Å². The molecular weight excluding hydrogens is 314 g/mol.